The van der Waals surface area contributed by atoms with Crippen LogP contribution in [0.5, 0.6) is 0 Å². The van der Waals surface area contributed by atoms with Gasteiger partial charge in [0.15, 0.2) is 0 Å². The monoisotopic (exact) mass is 236 g/mol. The smallest absolute Gasteiger partial charge is 0.248 e. The molecule has 1 unspecified atom stereocenters. The van der Waals surface area contributed by atoms with Crippen molar-refractivity contribution in [2.75, 3.05) is 26.2 Å². The van der Waals surface area contributed by atoms with Crippen LogP contribution in [0.4, 0.5) is 0 Å². The Bertz CT molecular complexity index is 200. The van der Waals surface area contributed by atoms with E-state index in [0.717, 1.165) is 19.6 Å². The van der Waals surface area contributed by atoms with Gasteiger partial charge in [-0.15, -0.1) is 12.4 Å². The van der Waals surface area contributed by atoms with E-state index in [-0.39, 0.29) is 31.0 Å². The Balaban J connectivity index is 0.00000196. The highest BCUT2D eigenvalue weighted by Gasteiger charge is 2.20. The van der Waals surface area contributed by atoms with Crippen molar-refractivity contribution >= 4 is 18.3 Å². The van der Waals surface area contributed by atoms with Gasteiger partial charge in [0, 0.05) is 25.7 Å². The number of ether oxygens (including phenoxy) is 1. The summed E-state index contributed by atoms with van der Waals surface area (Å²) in [4.78, 5) is 13.5. The van der Waals surface area contributed by atoms with Crippen molar-refractivity contribution in [2.45, 2.75) is 32.9 Å². The molecule has 1 fully saturated rings. The fourth-order valence-electron chi connectivity index (χ4n) is 1.49. The maximum absolute atomic E-state index is 11.6. The van der Waals surface area contributed by atoms with E-state index in [4.69, 9.17) is 4.74 Å². The quantitative estimate of drug-likeness (QED) is 0.783. The molecule has 0 bridgehead atoms. The maximum atomic E-state index is 11.6. The van der Waals surface area contributed by atoms with Gasteiger partial charge in [0.2, 0.25) is 5.91 Å². The first-order valence-electron chi connectivity index (χ1n) is 5.22. The van der Waals surface area contributed by atoms with Gasteiger partial charge >= 0.3 is 0 Å². The minimum Gasteiger partial charge on any atom is -0.369 e. The number of nitrogens with one attached hydrogen (secondary N) is 1. The number of carbonyl (C=O) groups is 1. The highest BCUT2D eigenvalue weighted by atomic mass is 35.5. The summed E-state index contributed by atoms with van der Waals surface area (Å²) in [5.41, 5.74) is 0. The number of hydrogen-bond donors (Lipinski definition) is 1. The standard InChI is InChI=1S/C10H20N2O2.ClH/c1-8(2)14-7-10(13)12-5-4-11-9(3)6-12;/h8-9,11H,4-7H2,1-3H3;1H. The molecule has 15 heavy (non-hydrogen) atoms. The molecule has 1 aliphatic heterocycles. The summed E-state index contributed by atoms with van der Waals surface area (Å²) < 4.78 is 5.28. The molecule has 1 atom stereocenters. The number of halogens is 1. The highest BCUT2D eigenvalue weighted by Crippen LogP contribution is 2.00. The van der Waals surface area contributed by atoms with Crippen LogP contribution in [0.3, 0.4) is 0 Å². The molecule has 0 radical (unpaired) electrons. The van der Waals surface area contributed by atoms with E-state index < -0.39 is 0 Å². The Morgan fingerprint density at radius 2 is 2.27 bits per heavy atom. The molecular weight excluding hydrogens is 216 g/mol. The van der Waals surface area contributed by atoms with Crippen molar-refractivity contribution in [1.29, 1.82) is 0 Å². The molecule has 1 aliphatic rings. The molecule has 1 saturated heterocycles. The van der Waals surface area contributed by atoms with Gasteiger partial charge < -0.3 is 15.0 Å². The van der Waals surface area contributed by atoms with E-state index in [1.54, 1.807) is 0 Å². The minimum absolute atomic E-state index is 0. The minimum atomic E-state index is 0. The zero-order valence-corrected chi connectivity index (χ0v) is 10.5. The maximum Gasteiger partial charge on any atom is 0.248 e. The Labute approximate surface area is 97.8 Å². The number of nitrogens with zero attached hydrogens (tertiary/aromatic N) is 1. The first kappa shape index (κ1) is 14.7. The SMILES string of the molecule is CC1CN(C(=O)COC(C)C)CCN1.Cl. The van der Waals surface area contributed by atoms with E-state index in [1.807, 2.05) is 18.7 Å². The van der Waals surface area contributed by atoms with Crippen molar-refractivity contribution in [3.63, 3.8) is 0 Å². The van der Waals surface area contributed by atoms with Crippen LogP contribution in [0.1, 0.15) is 20.8 Å². The summed E-state index contributed by atoms with van der Waals surface area (Å²) in [6.45, 7) is 8.65. The number of hydrogen-bond acceptors (Lipinski definition) is 3. The van der Waals surface area contributed by atoms with E-state index in [9.17, 15) is 4.79 Å². The summed E-state index contributed by atoms with van der Waals surface area (Å²) in [5.74, 6) is 0.104. The summed E-state index contributed by atoms with van der Waals surface area (Å²) in [5, 5.41) is 3.30. The molecular formula is C10H21ClN2O2. The molecule has 1 amide bonds. The van der Waals surface area contributed by atoms with Crippen LogP contribution in [0, 0.1) is 0 Å². The molecule has 5 heteroatoms. The lowest BCUT2D eigenvalue weighted by atomic mass is 10.2. The molecule has 1 rings (SSSR count). The van der Waals surface area contributed by atoms with Crippen molar-refractivity contribution in [2.24, 2.45) is 0 Å². The summed E-state index contributed by atoms with van der Waals surface area (Å²) >= 11 is 0. The van der Waals surface area contributed by atoms with Gasteiger partial charge in [0.05, 0.1) is 6.10 Å². The predicted octanol–water partition coefficient (Wildman–Crippen LogP) is 0.653. The molecule has 0 aliphatic carbocycles. The predicted molar refractivity (Wildman–Crippen MR) is 62.4 cm³/mol. The summed E-state index contributed by atoms with van der Waals surface area (Å²) in [6.07, 6.45) is 0.124. The van der Waals surface area contributed by atoms with Crippen molar-refractivity contribution in [3.8, 4) is 0 Å². The third kappa shape index (κ3) is 5.35. The molecule has 0 aromatic heterocycles. The van der Waals surface area contributed by atoms with Crippen molar-refractivity contribution in [3.05, 3.63) is 0 Å². The zero-order chi connectivity index (χ0) is 10.6. The van der Waals surface area contributed by atoms with Gasteiger partial charge in [0.25, 0.3) is 0 Å². The summed E-state index contributed by atoms with van der Waals surface area (Å²) in [6, 6.07) is 0.395. The number of amides is 1. The lowest BCUT2D eigenvalue weighted by Gasteiger charge is -2.32. The second kappa shape index (κ2) is 7.04. The first-order valence-corrected chi connectivity index (χ1v) is 5.22. The molecule has 4 nitrogen and oxygen atoms in total. The van der Waals surface area contributed by atoms with Crippen molar-refractivity contribution < 1.29 is 9.53 Å². The lowest BCUT2D eigenvalue weighted by Crippen LogP contribution is -2.52. The van der Waals surface area contributed by atoms with Gasteiger partial charge in [-0.25, -0.2) is 0 Å². The molecule has 0 aromatic rings. The molecule has 1 heterocycles. The van der Waals surface area contributed by atoms with Crippen LogP contribution < -0.4 is 5.32 Å². The molecule has 90 valence electrons. The Morgan fingerprint density at radius 1 is 1.60 bits per heavy atom. The topological polar surface area (TPSA) is 41.6 Å². The fraction of sp³-hybridized carbons (Fsp3) is 0.900. The zero-order valence-electron chi connectivity index (χ0n) is 9.66. The van der Waals surface area contributed by atoms with Crippen LogP contribution in [-0.4, -0.2) is 49.2 Å². The molecule has 0 aromatic carbocycles. The number of piperazine rings is 1. The molecule has 0 spiro atoms. The van der Waals surface area contributed by atoms with Crippen LogP contribution in [0.2, 0.25) is 0 Å². The largest absolute Gasteiger partial charge is 0.369 e. The fourth-order valence-corrected chi connectivity index (χ4v) is 1.49. The van der Waals surface area contributed by atoms with Crippen LogP contribution in [-0.2, 0) is 9.53 Å². The number of carbonyl (C=O) groups excluding carboxylic acids is 1. The van der Waals surface area contributed by atoms with Crippen LogP contribution >= 0.6 is 12.4 Å². The Morgan fingerprint density at radius 3 is 2.80 bits per heavy atom. The number of rotatable bonds is 3. The lowest BCUT2D eigenvalue weighted by molar-refractivity contribution is -0.138. The second-order valence-corrected chi connectivity index (χ2v) is 4.05. The Kier molecular flexibility index (Phi) is 6.89. The average Bonchev–Trinajstić information content (AvgIpc) is 2.14. The van der Waals surface area contributed by atoms with E-state index in [1.165, 1.54) is 0 Å². The van der Waals surface area contributed by atoms with Gasteiger partial charge in [0.1, 0.15) is 6.61 Å². The van der Waals surface area contributed by atoms with E-state index in [0.29, 0.717) is 6.04 Å². The van der Waals surface area contributed by atoms with Gasteiger partial charge in [-0.3, -0.25) is 4.79 Å². The third-order valence-corrected chi connectivity index (χ3v) is 2.26. The first-order chi connectivity index (χ1) is 6.59. The van der Waals surface area contributed by atoms with Crippen molar-refractivity contribution in [1.82, 2.24) is 10.2 Å². The van der Waals surface area contributed by atoms with Gasteiger partial charge in [-0.2, -0.15) is 0 Å². The Hall–Kier alpha value is -0.320. The second-order valence-electron chi connectivity index (χ2n) is 4.05. The van der Waals surface area contributed by atoms with Gasteiger partial charge in [-0.05, 0) is 20.8 Å². The summed E-state index contributed by atoms with van der Waals surface area (Å²) in [7, 11) is 0. The highest BCUT2D eigenvalue weighted by molar-refractivity contribution is 5.85. The van der Waals surface area contributed by atoms with Gasteiger partial charge in [-0.1, -0.05) is 0 Å². The average molecular weight is 237 g/mol. The van der Waals surface area contributed by atoms with E-state index >= 15 is 0 Å². The molecule has 1 N–H and O–H groups in total. The third-order valence-electron chi connectivity index (χ3n) is 2.26. The van der Waals surface area contributed by atoms with Crippen LogP contribution in [0.25, 0.3) is 0 Å². The van der Waals surface area contributed by atoms with E-state index in [2.05, 4.69) is 12.2 Å². The normalized spacial score (nSPS) is 21.3. The molecule has 0 saturated carbocycles. The van der Waals surface area contributed by atoms with Crippen LogP contribution in [0.15, 0.2) is 0 Å².